The first-order valence-corrected chi connectivity index (χ1v) is 13.2. The molecule has 0 N–H and O–H groups in total. The van der Waals surface area contributed by atoms with Crippen LogP contribution in [0.2, 0.25) is 0 Å². The summed E-state index contributed by atoms with van der Waals surface area (Å²) in [5.41, 5.74) is 8.41. The zero-order valence-electron chi connectivity index (χ0n) is 21.7. The molecule has 2 atom stereocenters. The predicted octanol–water partition coefficient (Wildman–Crippen LogP) is 6.57. The van der Waals surface area contributed by atoms with Gasteiger partial charge in [0, 0.05) is 12.1 Å². The minimum atomic E-state index is -0.852. The highest BCUT2D eigenvalue weighted by molar-refractivity contribution is 6.25. The number of carbonyl (C=O) groups is 2. The maximum atomic E-state index is 14.4. The van der Waals surface area contributed by atoms with Crippen LogP contribution in [0.15, 0.2) is 96.0 Å². The summed E-state index contributed by atoms with van der Waals surface area (Å²) in [6.45, 7) is 6.16. The number of aliphatic imine (C=N–C) groups is 1. The molecule has 0 radical (unpaired) electrons. The smallest absolute Gasteiger partial charge is 0.239 e. The number of benzene rings is 4. The summed E-state index contributed by atoms with van der Waals surface area (Å²) in [5, 5.41) is 0. The lowest BCUT2D eigenvalue weighted by atomic mass is 9.47. The van der Waals surface area contributed by atoms with E-state index in [4.69, 9.17) is 4.99 Å². The van der Waals surface area contributed by atoms with E-state index in [0.29, 0.717) is 5.69 Å². The van der Waals surface area contributed by atoms with E-state index in [1.54, 1.807) is 0 Å². The quantitative estimate of drug-likeness (QED) is 0.238. The lowest BCUT2D eigenvalue weighted by Crippen LogP contribution is -2.54. The van der Waals surface area contributed by atoms with Crippen molar-refractivity contribution in [3.8, 4) is 0 Å². The first kappa shape index (κ1) is 22.9. The van der Waals surface area contributed by atoms with Gasteiger partial charge in [0.15, 0.2) is 0 Å². The molecule has 0 spiro atoms. The molecule has 4 aromatic carbocycles. The van der Waals surface area contributed by atoms with Gasteiger partial charge in [-0.15, -0.1) is 0 Å². The van der Waals surface area contributed by atoms with Gasteiger partial charge in [0.05, 0.1) is 28.6 Å². The lowest BCUT2D eigenvalue weighted by molar-refractivity contribution is -0.122. The van der Waals surface area contributed by atoms with Crippen LogP contribution in [0.1, 0.15) is 44.9 Å². The van der Waals surface area contributed by atoms with E-state index in [1.807, 2.05) is 73.8 Å². The maximum absolute atomic E-state index is 14.4. The standard InChI is InChI=1S/C34H28N2O2/c1-20-15-17-23(18-16-20)36-32(37)30-29-24-10-4-6-12-26(24)34(31(30)33(36)38,27-13-7-5-11-25(27)29)19-35-28-14-8-9-21(2)22(28)3/h4-19,29-31H,1-3H3/t29?,30-,31-,34?/m1/s1. The first-order valence-electron chi connectivity index (χ1n) is 13.2. The highest BCUT2D eigenvalue weighted by Gasteiger charge is 2.67. The van der Waals surface area contributed by atoms with Gasteiger partial charge in [-0.3, -0.25) is 14.6 Å². The van der Waals surface area contributed by atoms with Crippen LogP contribution in [-0.2, 0) is 15.0 Å². The zero-order chi connectivity index (χ0) is 26.2. The van der Waals surface area contributed by atoms with Gasteiger partial charge in [-0.2, -0.15) is 0 Å². The van der Waals surface area contributed by atoms with Gasteiger partial charge in [-0.25, -0.2) is 4.90 Å². The summed E-state index contributed by atoms with van der Waals surface area (Å²) < 4.78 is 0. The Morgan fingerprint density at radius 3 is 2.03 bits per heavy atom. The van der Waals surface area contributed by atoms with Crippen molar-refractivity contribution in [3.05, 3.63) is 130 Å². The van der Waals surface area contributed by atoms with Gasteiger partial charge >= 0.3 is 0 Å². The molecule has 1 saturated heterocycles. The Hall–Kier alpha value is -4.31. The van der Waals surface area contributed by atoms with Crippen molar-refractivity contribution in [2.45, 2.75) is 32.1 Å². The van der Waals surface area contributed by atoms with Crippen LogP contribution < -0.4 is 4.90 Å². The first-order chi connectivity index (χ1) is 18.4. The topological polar surface area (TPSA) is 49.7 Å². The number of hydrogen-bond acceptors (Lipinski definition) is 3. The molecule has 0 aromatic heterocycles. The molecular formula is C34H28N2O2. The number of rotatable bonds is 3. The minimum Gasteiger partial charge on any atom is -0.274 e. The van der Waals surface area contributed by atoms with Crippen molar-refractivity contribution in [1.82, 2.24) is 0 Å². The summed E-state index contributed by atoms with van der Waals surface area (Å²) in [5.74, 6) is -1.50. The fourth-order valence-corrected chi connectivity index (χ4v) is 7.04. The van der Waals surface area contributed by atoms with E-state index < -0.39 is 17.3 Å². The van der Waals surface area contributed by atoms with Crippen molar-refractivity contribution in [1.29, 1.82) is 0 Å². The fourth-order valence-electron chi connectivity index (χ4n) is 7.04. The fraction of sp³-hybridized carbons (Fsp3) is 0.206. The molecule has 8 rings (SSSR count). The van der Waals surface area contributed by atoms with E-state index in [2.05, 4.69) is 44.2 Å². The SMILES string of the molecule is Cc1ccc(N2C(=O)[C@@H]3C4c5ccccc5C(C=Nc5cccc(C)c5C)(c5ccccc54)[C@H]3C2=O)cc1. The number of aryl methyl sites for hydroxylation is 2. The van der Waals surface area contributed by atoms with Crippen molar-refractivity contribution >= 4 is 29.4 Å². The molecule has 3 aliphatic carbocycles. The summed E-state index contributed by atoms with van der Waals surface area (Å²) in [4.78, 5) is 35.2. The average molecular weight is 497 g/mol. The second-order valence-corrected chi connectivity index (χ2v) is 10.8. The Morgan fingerprint density at radius 2 is 1.37 bits per heavy atom. The summed E-state index contributed by atoms with van der Waals surface area (Å²) >= 11 is 0. The van der Waals surface area contributed by atoms with Gasteiger partial charge in [-0.1, -0.05) is 78.4 Å². The number of carbonyl (C=O) groups excluding carboxylic acids is 2. The van der Waals surface area contributed by atoms with Crippen molar-refractivity contribution in [2.75, 3.05) is 4.90 Å². The Morgan fingerprint density at radius 1 is 0.737 bits per heavy atom. The second-order valence-electron chi connectivity index (χ2n) is 10.8. The molecule has 0 unspecified atom stereocenters. The van der Waals surface area contributed by atoms with Crippen LogP contribution in [0.25, 0.3) is 0 Å². The normalized spacial score (nSPS) is 25.0. The number of hydrogen-bond donors (Lipinski definition) is 0. The highest BCUT2D eigenvalue weighted by Crippen LogP contribution is 2.63. The Balaban J connectivity index is 1.51. The maximum Gasteiger partial charge on any atom is 0.239 e. The van der Waals surface area contributed by atoms with Gasteiger partial charge < -0.3 is 0 Å². The van der Waals surface area contributed by atoms with Crippen LogP contribution in [0.3, 0.4) is 0 Å². The molecular weight excluding hydrogens is 468 g/mol. The van der Waals surface area contributed by atoms with E-state index >= 15 is 0 Å². The van der Waals surface area contributed by atoms with Gasteiger partial charge in [-0.05, 0) is 72.4 Å². The van der Waals surface area contributed by atoms with E-state index in [9.17, 15) is 9.59 Å². The third kappa shape index (κ3) is 2.89. The average Bonchev–Trinajstić information content (AvgIpc) is 3.21. The molecule has 4 heteroatoms. The van der Waals surface area contributed by atoms with Crippen LogP contribution in [0.5, 0.6) is 0 Å². The largest absolute Gasteiger partial charge is 0.274 e. The molecule has 1 aliphatic heterocycles. The summed E-state index contributed by atoms with van der Waals surface area (Å²) in [6.07, 6.45) is 1.98. The highest BCUT2D eigenvalue weighted by atomic mass is 16.2. The van der Waals surface area contributed by atoms with Crippen LogP contribution in [0.4, 0.5) is 11.4 Å². The third-order valence-electron chi connectivity index (χ3n) is 8.96. The summed E-state index contributed by atoms with van der Waals surface area (Å²) in [6, 6.07) is 30.4. The van der Waals surface area contributed by atoms with Crippen LogP contribution in [0, 0.1) is 32.6 Å². The minimum absolute atomic E-state index is 0.123. The predicted molar refractivity (Wildman–Crippen MR) is 150 cm³/mol. The van der Waals surface area contributed by atoms with E-state index in [-0.39, 0.29) is 17.7 Å². The second kappa shape index (κ2) is 8.09. The molecule has 2 bridgehead atoms. The summed E-state index contributed by atoms with van der Waals surface area (Å²) in [7, 11) is 0. The number of imide groups is 1. The van der Waals surface area contributed by atoms with Crippen molar-refractivity contribution < 1.29 is 9.59 Å². The molecule has 38 heavy (non-hydrogen) atoms. The number of amides is 2. The number of anilines is 1. The molecule has 4 nitrogen and oxygen atoms in total. The lowest BCUT2D eigenvalue weighted by Gasteiger charge is -2.52. The van der Waals surface area contributed by atoms with Crippen molar-refractivity contribution in [2.24, 2.45) is 16.8 Å². The molecule has 1 heterocycles. The zero-order valence-corrected chi connectivity index (χ0v) is 21.7. The molecule has 4 aliphatic rings. The van der Waals surface area contributed by atoms with Gasteiger partial charge in [0.2, 0.25) is 11.8 Å². The molecule has 4 aromatic rings. The van der Waals surface area contributed by atoms with Gasteiger partial charge in [0.25, 0.3) is 0 Å². The Kier molecular flexibility index (Phi) is 4.87. The third-order valence-corrected chi connectivity index (χ3v) is 8.96. The van der Waals surface area contributed by atoms with E-state index in [0.717, 1.165) is 39.1 Å². The Bertz CT molecular complexity index is 1620. The monoisotopic (exact) mass is 496 g/mol. The van der Waals surface area contributed by atoms with E-state index in [1.165, 1.54) is 10.5 Å². The van der Waals surface area contributed by atoms with Crippen LogP contribution >= 0.6 is 0 Å². The number of nitrogens with zero attached hydrogens (tertiary/aromatic N) is 2. The van der Waals surface area contributed by atoms with Crippen molar-refractivity contribution in [3.63, 3.8) is 0 Å². The molecule has 186 valence electrons. The van der Waals surface area contributed by atoms with Gasteiger partial charge in [0.1, 0.15) is 0 Å². The molecule has 2 amide bonds. The molecule has 0 saturated carbocycles. The Labute approximate surface area is 222 Å². The van der Waals surface area contributed by atoms with Crippen LogP contribution in [-0.4, -0.2) is 18.0 Å². The molecule has 1 fully saturated rings.